The maximum absolute atomic E-state index is 13.3. The van der Waals surface area contributed by atoms with Crippen LogP contribution in [-0.4, -0.2) is 119 Å². The predicted molar refractivity (Wildman–Crippen MR) is 220 cm³/mol. The molecule has 1 amide bonds. The SMILES string of the molecule is CO[C@H]1O[C@H](CNC(=O)CCc2c(C)c3cc4nc(cc5nc(cc6[nH]c(cc2[nH]3)c(C)c6CCC(=O)O)C(C)=C5CCC(=O)O)C(C)=C4CCC(=O)O)[C@@H](O)[C@H](O)[C@@H]1O. The lowest BCUT2D eigenvalue weighted by molar-refractivity contribution is -0.288. The topological polar surface area (TPSA) is 278 Å². The van der Waals surface area contributed by atoms with Gasteiger partial charge in [-0.3, -0.25) is 19.2 Å². The highest BCUT2D eigenvalue weighted by molar-refractivity contribution is 5.96. The molecule has 1 fully saturated rings. The van der Waals surface area contributed by atoms with Crippen molar-refractivity contribution in [3.63, 3.8) is 0 Å². The first-order chi connectivity index (χ1) is 28.5. The van der Waals surface area contributed by atoms with Gasteiger partial charge in [0.15, 0.2) is 6.29 Å². The molecule has 8 bridgehead atoms. The summed E-state index contributed by atoms with van der Waals surface area (Å²) in [5, 5.41) is 62.5. The van der Waals surface area contributed by atoms with E-state index in [0.29, 0.717) is 44.8 Å². The summed E-state index contributed by atoms with van der Waals surface area (Å²) in [6.07, 6.45) is -6.23. The van der Waals surface area contributed by atoms with Crippen LogP contribution in [0.2, 0.25) is 0 Å². The molecule has 3 aromatic heterocycles. The Labute approximate surface area is 344 Å². The highest BCUT2D eigenvalue weighted by atomic mass is 16.7. The van der Waals surface area contributed by atoms with Crippen molar-refractivity contribution in [3.8, 4) is 0 Å². The lowest BCUT2D eigenvalue weighted by Gasteiger charge is -2.39. The number of carboxylic acid groups (broad SMARTS) is 3. The zero-order valence-corrected chi connectivity index (χ0v) is 34.1. The Hall–Kier alpha value is -5.72. The number of allylic oxidation sites excluding steroid dienone is 4. The second-order valence-electron chi connectivity index (χ2n) is 15.4. The molecular formula is C43H51N5O12. The smallest absolute Gasteiger partial charge is 0.303 e. The molecule has 320 valence electrons. The number of fused-ring (bicyclic) bond motifs is 8. The monoisotopic (exact) mass is 829 g/mol. The van der Waals surface area contributed by atoms with Crippen molar-refractivity contribution in [2.75, 3.05) is 13.7 Å². The van der Waals surface area contributed by atoms with E-state index >= 15 is 0 Å². The van der Waals surface area contributed by atoms with Crippen LogP contribution in [-0.2, 0) is 41.5 Å². The van der Waals surface area contributed by atoms with Crippen molar-refractivity contribution >= 4 is 68.2 Å². The number of hydrogen-bond acceptors (Lipinski definition) is 11. The fourth-order valence-electron chi connectivity index (χ4n) is 8.01. The van der Waals surface area contributed by atoms with Gasteiger partial charge < -0.3 is 55.4 Å². The molecule has 6 heterocycles. The van der Waals surface area contributed by atoms with E-state index in [9.17, 15) is 49.8 Å². The van der Waals surface area contributed by atoms with Crippen molar-refractivity contribution in [2.45, 2.75) is 110 Å². The molecule has 5 atom stereocenters. The Bertz CT molecular complexity index is 2440. The van der Waals surface area contributed by atoms with Crippen LogP contribution in [0.3, 0.4) is 0 Å². The zero-order chi connectivity index (χ0) is 43.6. The molecule has 6 rings (SSSR count). The number of aliphatic hydroxyl groups is 3. The van der Waals surface area contributed by atoms with E-state index in [4.69, 9.17) is 19.4 Å². The molecular weight excluding hydrogens is 778 g/mol. The standard InChI is InChI=1S/C43H51N5O12/c1-19-23(6-10-36(49)44-18-35-40(56)41(57)42(58)43(59-5)60-35)31-14-28-20(2)24(7-11-37(50)51)33(46-28)16-30-22(4)26(9-13-39(54)55)34(48-30)17-29-21(3)25(8-12-38(52)53)32(47-29)15-27(19)45-31/h14-17,35,40-43,45-46,56-58H,6-13,18H2,1-5H3,(H,44,49)(H,50,51)(H,52,53)(H,54,55)/t35-,40-,41+,42+,43+/m1/s1. The van der Waals surface area contributed by atoms with Crippen LogP contribution in [0, 0.1) is 13.8 Å². The van der Waals surface area contributed by atoms with Gasteiger partial charge in [0.05, 0.1) is 22.8 Å². The molecule has 60 heavy (non-hydrogen) atoms. The van der Waals surface area contributed by atoms with Gasteiger partial charge in [0, 0.05) is 61.4 Å². The van der Waals surface area contributed by atoms with E-state index in [1.165, 1.54) is 7.11 Å². The van der Waals surface area contributed by atoms with Gasteiger partial charge in [0.1, 0.15) is 24.4 Å². The third-order valence-electron chi connectivity index (χ3n) is 11.6. The second kappa shape index (κ2) is 18.3. The molecule has 0 saturated carbocycles. The van der Waals surface area contributed by atoms with E-state index in [-0.39, 0.29) is 63.8 Å². The number of rotatable bonds is 15. The van der Waals surface area contributed by atoms with Crippen molar-refractivity contribution < 1.29 is 59.3 Å². The number of aromatic nitrogens is 4. The maximum atomic E-state index is 13.3. The first kappa shape index (κ1) is 43.8. The number of methoxy groups -OCH3 is 1. The number of aryl methyl sites for hydroxylation is 4. The van der Waals surface area contributed by atoms with E-state index < -0.39 is 48.6 Å². The van der Waals surface area contributed by atoms with Crippen molar-refractivity contribution in [1.29, 1.82) is 0 Å². The molecule has 1 saturated heterocycles. The number of nitrogens with one attached hydrogen (secondary N) is 3. The first-order valence-electron chi connectivity index (χ1n) is 19.8. The number of hydrogen-bond donors (Lipinski definition) is 9. The van der Waals surface area contributed by atoms with Gasteiger partial charge in [0.25, 0.3) is 0 Å². The highest BCUT2D eigenvalue weighted by Crippen LogP contribution is 2.38. The minimum atomic E-state index is -1.54. The molecule has 3 aliphatic heterocycles. The minimum absolute atomic E-state index is 0.0121. The van der Waals surface area contributed by atoms with Gasteiger partial charge in [-0.15, -0.1) is 0 Å². The molecule has 0 unspecified atom stereocenters. The fraction of sp³-hybridized carbons (Fsp3) is 0.442. The summed E-state index contributed by atoms with van der Waals surface area (Å²) < 4.78 is 10.6. The molecule has 17 heteroatoms. The predicted octanol–water partition coefficient (Wildman–Crippen LogP) is 4.04. The van der Waals surface area contributed by atoms with Crippen LogP contribution >= 0.6 is 0 Å². The van der Waals surface area contributed by atoms with Gasteiger partial charge in [0.2, 0.25) is 5.91 Å². The van der Waals surface area contributed by atoms with Crippen LogP contribution in [0.15, 0.2) is 24.3 Å². The number of nitrogens with zero attached hydrogens (tertiary/aromatic N) is 2. The average molecular weight is 830 g/mol. The molecule has 0 spiro atoms. The van der Waals surface area contributed by atoms with E-state index in [0.717, 1.165) is 44.5 Å². The largest absolute Gasteiger partial charge is 0.481 e. The van der Waals surface area contributed by atoms with Crippen LogP contribution in [0.5, 0.6) is 0 Å². The number of amides is 1. The van der Waals surface area contributed by atoms with E-state index in [1.54, 1.807) is 6.07 Å². The molecule has 0 aromatic carbocycles. The molecule has 17 nitrogen and oxygen atoms in total. The third-order valence-corrected chi connectivity index (χ3v) is 11.6. The number of carbonyl (C=O) groups excluding carboxylic acids is 1. The van der Waals surface area contributed by atoms with Crippen LogP contribution in [0.4, 0.5) is 0 Å². The number of aliphatic hydroxyl groups excluding tert-OH is 3. The number of ether oxygens (including phenoxy) is 2. The Morgan fingerprint density at radius 2 is 1.10 bits per heavy atom. The van der Waals surface area contributed by atoms with Crippen molar-refractivity contribution in [3.05, 3.63) is 69.3 Å². The van der Waals surface area contributed by atoms with E-state index in [1.807, 2.05) is 45.9 Å². The van der Waals surface area contributed by atoms with Gasteiger partial charge in [-0.2, -0.15) is 0 Å². The molecule has 0 radical (unpaired) electrons. The van der Waals surface area contributed by atoms with Gasteiger partial charge >= 0.3 is 17.9 Å². The summed E-state index contributed by atoms with van der Waals surface area (Å²) in [6, 6.07) is 7.37. The van der Waals surface area contributed by atoms with Crippen LogP contribution in [0.25, 0.3) is 44.4 Å². The summed E-state index contributed by atoms with van der Waals surface area (Å²) in [4.78, 5) is 65.4. The minimum Gasteiger partial charge on any atom is -0.481 e. The quantitative estimate of drug-likeness (QED) is 0.105. The first-order valence-corrected chi connectivity index (χ1v) is 19.8. The molecule has 3 aliphatic rings. The average Bonchev–Trinajstić information content (AvgIpc) is 3.85. The fourth-order valence-corrected chi connectivity index (χ4v) is 8.01. The summed E-state index contributed by atoms with van der Waals surface area (Å²) in [7, 11) is 1.29. The Kier molecular flexibility index (Phi) is 13.4. The molecule has 3 aromatic rings. The Balaban J connectivity index is 1.50. The highest BCUT2D eigenvalue weighted by Gasteiger charge is 2.44. The molecule has 9 N–H and O–H groups in total. The summed E-state index contributed by atoms with van der Waals surface area (Å²) >= 11 is 0. The van der Waals surface area contributed by atoms with Crippen LogP contribution < -0.4 is 5.32 Å². The number of aliphatic carboxylic acids is 3. The number of carbonyl (C=O) groups is 4. The summed E-state index contributed by atoms with van der Waals surface area (Å²) in [5.74, 6) is -3.26. The zero-order valence-electron chi connectivity index (χ0n) is 34.1. The van der Waals surface area contributed by atoms with E-state index in [2.05, 4.69) is 15.3 Å². The maximum Gasteiger partial charge on any atom is 0.303 e. The number of H-pyrrole nitrogens is 2. The number of aromatic amines is 2. The van der Waals surface area contributed by atoms with Gasteiger partial charge in [-0.25, -0.2) is 9.97 Å². The van der Waals surface area contributed by atoms with Gasteiger partial charge in [-0.1, -0.05) is 0 Å². The lowest BCUT2D eigenvalue weighted by Crippen LogP contribution is -2.60. The van der Waals surface area contributed by atoms with Crippen molar-refractivity contribution in [1.82, 2.24) is 25.3 Å². The Morgan fingerprint density at radius 3 is 1.65 bits per heavy atom. The summed E-state index contributed by atoms with van der Waals surface area (Å²) in [6.45, 7) is 7.36. The van der Waals surface area contributed by atoms with Crippen LogP contribution in [0.1, 0.15) is 97.4 Å². The lowest BCUT2D eigenvalue weighted by atomic mass is 9.98. The van der Waals surface area contributed by atoms with Crippen molar-refractivity contribution in [2.24, 2.45) is 0 Å². The normalized spacial score (nSPS) is 20.4. The van der Waals surface area contributed by atoms with Gasteiger partial charge in [-0.05, 0) is 122 Å². The molecule has 0 aliphatic carbocycles. The third kappa shape index (κ3) is 9.35. The second-order valence-corrected chi connectivity index (χ2v) is 15.4. The summed E-state index contributed by atoms with van der Waals surface area (Å²) in [5.41, 5.74) is 11.0. The number of carboxylic acids is 3. The Morgan fingerprint density at radius 1 is 0.633 bits per heavy atom.